The number of rotatable bonds is 16. The molecule has 0 radical (unpaired) electrons. The topological polar surface area (TPSA) is 253 Å². The number of primary amides is 1. The van der Waals surface area contributed by atoms with Crippen molar-refractivity contribution in [2.45, 2.75) is 149 Å². The Kier molecular flexibility index (Phi) is 17.3. The number of likely N-dealkylation sites (tertiary alicyclic amines) is 1. The van der Waals surface area contributed by atoms with Gasteiger partial charge < -0.3 is 52.8 Å². The fraction of sp³-hybridized carbons (Fsp3) is 0.519. The third-order valence-corrected chi connectivity index (χ3v) is 14.1. The highest BCUT2D eigenvalue weighted by molar-refractivity contribution is 6.05. The summed E-state index contributed by atoms with van der Waals surface area (Å²) in [6.07, 6.45) is 2.83. The van der Waals surface area contributed by atoms with Gasteiger partial charge in [-0.3, -0.25) is 38.4 Å². The van der Waals surface area contributed by atoms with Gasteiger partial charge in [0.15, 0.2) is 0 Å². The Balaban J connectivity index is 1.15. The normalized spacial score (nSPS) is 20.4. The SMILES string of the molecule is CCN[C@@H](C)C(=O)N[C@H](C(=O)N1Cc2cc(NC(=O)c3ccc(C(=O)N[C@H]4C[C@@H](C(=O)N[C@@H]5CCCc6ccccc65)N(C(=O)C(NC(=O)[C@H](C)NC)C(C)(C)C)C4)cc3)ccc2C[C@H]1C(N)=O)C(C)(C)C. The number of likely N-dealkylation sites (N-methyl/N-ethyl adjacent to an activating group) is 2. The molecular weight excluding hydrogens is 917 g/mol. The number of nitrogens with two attached hydrogens (primary N) is 1. The van der Waals surface area contributed by atoms with Gasteiger partial charge in [-0.15, -0.1) is 0 Å². The summed E-state index contributed by atoms with van der Waals surface area (Å²) in [7, 11) is 1.65. The summed E-state index contributed by atoms with van der Waals surface area (Å²) < 4.78 is 0. The number of aryl methyl sites for hydroxylation is 1. The van der Waals surface area contributed by atoms with Crippen LogP contribution in [0.15, 0.2) is 66.7 Å². The van der Waals surface area contributed by atoms with Gasteiger partial charge in [0.05, 0.1) is 18.1 Å². The molecule has 8 amide bonds. The van der Waals surface area contributed by atoms with Crippen LogP contribution in [0, 0.1) is 10.8 Å². The third kappa shape index (κ3) is 12.9. The minimum absolute atomic E-state index is 0.0115. The van der Waals surface area contributed by atoms with E-state index in [0.717, 1.165) is 30.4 Å². The first-order chi connectivity index (χ1) is 33.9. The fourth-order valence-corrected chi connectivity index (χ4v) is 9.69. The molecule has 0 bridgehead atoms. The van der Waals surface area contributed by atoms with Crippen molar-refractivity contribution in [1.29, 1.82) is 0 Å². The molecule has 1 fully saturated rings. The Labute approximate surface area is 423 Å². The van der Waals surface area contributed by atoms with Gasteiger partial charge in [-0.25, -0.2) is 0 Å². The lowest BCUT2D eigenvalue weighted by molar-refractivity contribution is -0.146. The largest absolute Gasteiger partial charge is 0.368 e. The van der Waals surface area contributed by atoms with E-state index >= 15 is 0 Å². The van der Waals surface area contributed by atoms with Gasteiger partial charge in [0.25, 0.3) is 11.8 Å². The second-order valence-electron chi connectivity index (χ2n) is 21.6. The van der Waals surface area contributed by atoms with Crippen LogP contribution in [0.25, 0.3) is 0 Å². The lowest BCUT2D eigenvalue weighted by Gasteiger charge is -2.40. The number of amides is 8. The van der Waals surface area contributed by atoms with Crippen LogP contribution in [0.3, 0.4) is 0 Å². The summed E-state index contributed by atoms with van der Waals surface area (Å²) >= 11 is 0. The van der Waals surface area contributed by atoms with Gasteiger partial charge in [-0.05, 0) is 123 Å². The van der Waals surface area contributed by atoms with Crippen molar-refractivity contribution in [3.05, 3.63) is 100 Å². The molecule has 1 saturated heterocycles. The molecule has 1 unspecified atom stereocenters. The zero-order valence-electron chi connectivity index (χ0n) is 43.4. The fourth-order valence-electron chi connectivity index (χ4n) is 9.69. The van der Waals surface area contributed by atoms with Gasteiger partial charge in [0.2, 0.25) is 35.4 Å². The molecule has 0 spiro atoms. The highest BCUT2D eigenvalue weighted by Gasteiger charge is 2.46. The standard InChI is InChI=1S/C54H74N10O8/c1-11-57-31(3)47(67)62-43(53(4,5)6)51(71)63-28-36-25-37(24-23-35(36)26-41(63)45(55)65)58-48(68)33-19-21-34(22-20-33)49(69)59-38-27-42(50(70)60-40-18-14-16-32-15-12-13-17-39(32)40)64(29-38)52(72)44(54(7,8)9)61-46(66)30(2)56-10/h12-13,15,17,19-25,30-31,38,40-44,56-57H,11,14,16,18,26-29H2,1-10H3,(H2,55,65)(H,58,68)(H,59,69)(H,60,70)(H,61,66)(H,62,67)/t30-,31-,38-,40+,41-,42-,43+,44?/m0/s1. The summed E-state index contributed by atoms with van der Waals surface area (Å²) in [5.74, 6) is -3.54. The smallest absolute Gasteiger partial charge is 0.255 e. The van der Waals surface area contributed by atoms with Crippen LogP contribution in [0.4, 0.5) is 5.69 Å². The lowest BCUT2D eigenvalue weighted by Crippen LogP contribution is -2.61. The van der Waals surface area contributed by atoms with Crippen LogP contribution in [0.1, 0.15) is 131 Å². The second kappa shape index (κ2) is 22.8. The maximum Gasteiger partial charge on any atom is 0.255 e. The van der Waals surface area contributed by atoms with Crippen molar-refractivity contribution in [3.63, 3.8) is 0 Å². The molecule has 0 saturated carbocycles. The number of fused-ring (bicyclic) bond motifs is 2. The molecule has 18 heteroatoms. The Hall–Kier alpha value is -6.66. The highest BCUT2D eigenvalue weighted by atomic mass is 16.2. The molecule has 6 rings (SSSR count). The predicted octanol–water partition coefficient (Wildman–Crippen LogP) is 3.24. The van der Waals surface area contributed by atoms with Crippen LogP contribution < -0.4 is 43.0 Å². The zero-order valence-corrected chi connectivity index (χ0v) is 43.4. The maximum atomic E-state index is 14.6. The van der Waals surface area contributed by atoms with Crippen LogP contribution in [0.2, 0.25) is 0 Å². The molecule has 8 atom stereocenters. The van der Waals surface area contributed by atoms with E-state index in [9.17, 15) is 38.4 Å². The lowest BCUT2D eigenvalue weighted by atomic mass is 9.84. The molecule has 72 heavy (non-hydrogen) atoms. The van der Waals surface area contributed by atoms with E-state index in [1.54, 1.807) is 39.1 Å². The Morgan fingerprint density at radius 2 is 1.31 bits per heavy atom. The van der Waals surface area contributed by atoms with Crippen molar-refractivity contribution in [2.24, 2.45) is 16.6 Å². The zero-order chi connectivity index (χ0) is 52.8. The van der Waals surface area contributed by atoms with E-state index in [0.29, 0.717) is 17.8 Å². The number of nitrogens with zero attached hydrogens (tertiary/aromatic N) is 2. The summed E-state index contributed by atoms with van der Waals surface area (Å²) in [5, 5.41) is 20.9. The summed E-state index contributed by atoms with van der Waals surface area (Å²) in [6, 6.07) is 13.5. The van der Waals surface area contributed by atoms with Gasteiger partial charge in [0.1, 0.15) is 24.2 Å². The van der Waals surface area contributed by atoms with Crippen LogP contribution in [0.5, 0.6) is 0 Å². The molecule has 1 aliphatic carbocycles. The van der Waals surface area contributed by atoms with Gasteiger partial charge >= 0.3 is 0 Å². The van der Waals surface area contributed by atoms with Gasteiger partial charge in [0, 0.05) is 42.4 Å². The van der Waals surface area contributed by atoms with Crippen molar-refractivity contribution < 1.29 is 38.4 Å². The average molecular weight is 991 g/mol. The van der Waals surface area contributed by atoms with Crippen molar-refractivity contribution >= 4 is 52.9 Å². The minimum Gasteiger partial charge on any atom is -0.368 e. The monoisotopic (exact) mass is 991 g/mol. The molecule has 0 aromatic heterocycles. The first-order valence-corrected chi connectivity index (χ1v) is 25.1. The van der Waals surface area contributed by atoms with Gasteiger partial charge in [-0.1, -0.05) is 78.8 Å². The minimum atomic E-state index is -0.974. The molecule has 3 aromatic rings. The van der Waals surface area contributed by atoms with E-state index in [4.69, 9.17) is 5.73 Å². The second-order valence-corrected chi connectivity index (χ2v) is 21.6. The Morgan fingerprint density at radius 1 is 0.708 bits per heavy atom. The van der Waals surface area contributed by atoms with Crippen LogP contribution >= 0.6 is 0 Å². The highest BCUT2D eigenvalue weighted by Crippen LogP contribution is 2.33. The summed E-state index contributed by atoms with van der Waals surface area (Å²) in [4.78, 5) is 112. The molecule has 18 nitrogen and oxygen atoms in total. The van der Waals surface area contributed by atoms with E-state index in [1.165, 1.54) is 39.6 Å². The number of anilines is 1. The van der Waals surface area contributed by atoms with Gasteiger partial charge in [-0.2, -0.15) is 0 Å². The molecule has 9 N–H and O–H groups in total. The van der Waals surface area contributed by atoms with Crippen molar-refractivity contribution in [3.8, 4) is 0 Å². The Morgan fingerprint density at radius 3 is 1.90 bits per heavy atom. The van der Waals surface area contributed by atoms with Crippen LogP contribution in [-0.2, 0) is 48.2 Å². The van der Waals surface area contributed by atoms with Crippen molar-refractivity contribution in [1.82, 2.24) is 41.7 Å². The molecule has 2 aliphatic heterocycles. The average Bonchev–Trinajstić information content (AvgIpc) is 3.76. The number of carbonyl (C=O) groups is 8. The van der Waals surface area contributed by atoms with E-state index in [1.807, 2.05) is 66.7 Å². The number of hydrogen-bond donors (Lipinski definition) is 8. The summed E-state index contributed by atoms with van der Waals surface area (Å²) in [5.41, 5.74) is 9.04. The van der Waals surface area contributed by atoms with E-state index in [2.05, 4.69) is 43.3 Å². The molecule has 2 heterocycles. The first kappa shape index (κ1) is 54.7. The third-order valence-electron chi connectivity index (χ3n) is 14.1. The quantitative estimate of drug-likeness (QED) is 0.104. The molecular formula is C54H74N10O8. The van der Waals surface area contributed by atoms with E-state index < -0.39 is 82.7 Å². The number of nitrogens with one attached hydrogen (secondary N) is 7. The predicted molar refractivity (Wildman–Crippen MR) is 274 cm³/mol. The Bertz CT molecular complexity index is 2530. The molecule has 3 aromatic carbocycles. The van der Waals surface area contributed by atoms with Crippen LogP contribution in [-0.4, -0.2) is 119 Å². The van der Waals surface area contributed by atoms with Crippen molar-refractivity contribution in [2.75, 3.05) is 25.5 Å². The molecule has 3 aliphatic rings. The maximum absolute atomic E-state index is 14.6. The number of carbonyl (C=O) groups excluding carboxylic acids is 8. The van der Waals surface area contributed by atoms with E-state index in [-0.39, 0.29) is 60.8 Å². The number of hydrogen-bond acceptors (Lipinski definition) is 10. The molecule has 388 valence electrons. The number of benzene rings is 3. The first-order valence-electron chi connectivity index (χ1n) is 25.1. The summed E-state index contributed by atoms with van der Waals surface area (Å²) in [6.45, 7) is 16.9.